The zero-order valence-electron chi connectivity index (χ0n) is 24.3. The standard InChI is InChI=1S/C30H38FN5O5/c1-17-19-9-8-14-40-26(19)21(31)15-20(17)25-24(27(29(38)39)41-30(3,4)5)18(2)33-23-16-22(34-36(23)25)28(37)32-10-13-35-11-6-7-12-35/h15-16,27H,6-14H2,1-5H3,(H,32,37)(H,38,39)/t27-/m0/s1. The maximum atomic E-state index is 15.5. The third-order valence-corrected chi connectivity index (χ3v) is 7.62. The first-order chi connectivity index (χ1) is 19.4. The first-order valence-electron chi connectivity index (χ1n) is 14.2. The van der Waals surface area contributed by atoms with Gasteiger partial charge in [-0.3, -0.25) is 4.79 Å². The molecular weight excluding hydrogens is 529 g/mol. The van der Waals surface area contributed by atoms with Gasteiger partial charge in [0, 0.05) is 41.5 Å². The Kier molecular flexibility index (Phi) is 8.02. The minimum Gasteiger partial charge on any atom is -0.490 e. The van der Waals surface area contributed by atoms with E-state index in [0.717, 1.165) is 37.2 Å². The fraction of sp³-hybridized carbons (Fsp3) is 0.533. The van der Waals surface area contributed by atoms with Crippen molar-refractivity contribution in [2.75, 3.05) is 32.8 Å². The SMILES string of the molecule is Cc1nc2cc(C(=O)NCCN3CCCC3)nn2c(-c2cc(F)c3c(c2C)CCCO3)c1[C@H](OC(C)(C)C)C(=O)O. The third kappa shape index (κ3) is 5.92. The summed E-state index contributed by atoms with van der Waals surface area (Å²) >= 11 is 0. The smallest absolute Gasteiger partial charge is 0.337 e. The molecule has 4 heterocycles. The Hall–Kier alpha value is -3.57. The summed E-state index contributed by atoms with van der Waals surface area (Å²) in [6.45, 7) is 12.6. The number of rotatable bonds is 8. The van der Waals surface area contributed by atoms with Crippen LogP contribution < -0.4 is 10.1 Å². The number of amides is 1. The lowest BCUT2D eigenvalue weighted by atomic mass is 9.91. The summed E-state index contributed by atoms with van der Waals surface area (Å²) in [5, 5.41) is 17.8. The lowest BCUT2D eigenvalue weighted by Crippen LogP contribution is -2.33. The molecule has 11 heteroatoms. The van der Waals surface area contributed by atoms with Crippen LogP contribution in [0.4, 0.5) is 4.39 Å². The number of ether oxygens (including phenoxy) is 2. The van der Waals surface area contributed by atoms with Crippen LogP contribution in [-0.4, -0.2) is 74.9 Å². The lowest BCUT2D eigenvalue weighted by molar-refractivity contribution is -0.160. The molecule has 2 N–H and O–H groups in total. The topological polar surface area (TPSA) is 118 Å². The first kappa shape index (κ1) is 28.9. The van der Waals surface area contributed by atoms with E-state index in [1.807, 2.05) is 6.92 Å². The number of likely N-dealkylation sites (tertiary alicyclic amines) is 1. The second kappa shape index (κ2) is 11.4. The number of nitrogens with one attached hydrogen (secondary N) is 1. The number of halogens is 1. The minimum atomic E-state index is -1.42. The normalized spacial score (nSPS) is 16.4. The van der Waals surface area contributed by atoms with E-state index in [9.17, 15) is 14.7 Å². The molecule has 0 bridgehead atoms. The molecule has 3 aromatic rings. The number of aromatic nitrogens is 3. The molecule has 0 aliphatic carbocycles. The van der Waals surface area contributed by atoms with Gasteiger partial charge in [0.1, 0.15) is 0 Å². The monoisotopic (exact) mass is 567 g/mol. The van der Waals surface area contributed by atoms with Crippen molar-refractivity contribution in [3.63, 3.8) is 0 Å². The first-order valence-corrected chi connectivity index (χ1v) is 14.2. The van der Waals surface area contributed by atoms with Crippen molar-refractivity contribution in [3.8, 4) is 17.0 Å². The van der Waals surface area contributed by atoms with Gasteiger partial charge < -0.3 is 24.8 Å². The van der Waals surface area contributed by atoms with Gasteiger partial charge in [-0.2, -0.15) is 5.10 Å². The fourth-order valence-electron chi connectivity index (χ4n) is 5.73. The molecular formula is C30H38FN5O5. The Morgan fingerprint density at radius 2 is 1.93 bits per heavy atom. The predicted molar refractivity (Wildman–Crippen MR) is 151 cm³/mol. The molecule has 0 unspecified atom stereocenters. The Bertz CT molecular complexity index is 1490. The highest BCUT2D eigenvalue weighted by molar-refractivity contribution is 5.93. The zero-order chi connectivity index (χ0) is 29.5. The Morgan fingerprint density at radius 1 is 1.20 bits per heavy atom. The van der Waals surface area contributed by atoms with Crippen molar-refractivity contribution in [1.82, 2.24) is 24.8 Å². The number of nitrogens with zero attached hydrogens (tertiary/aromatic N) is 4. The number of hydrogen-bond acceptors (Lipinski definition) is 7. The van der Waals surface area contributed by atoms with Gasteiger partial charge in [0.2, 0.25) is 0 Å². The largest absolute Gasteiger partial charge is 0.490 e. The molecule has 2 aliphatic rings. The number of carbonyl (C=O) groups excluding carboxylic acids is 1. The van der Waals surface area contributed by atoms with Crippen molar-refractivity contribution >= 4 is 17.5 Å². The predicted octanol–water partition coefficient (Wildman–Crippen LogP) is 4.24. The van der Waals surface area contributed by atoms with E-state index < -0.39 is 23.5 Å². The highest BCUT2D eigenvalue weighted by atomic mass is 19.1. The van der Waals surface area contributed by atoms with Crippen molar-refractivity contribution in [2.24, 2.45) is 0 Å². The molecule has 0 spiro atoms. The van der Waals surface area contributed by atoms with E-state index in [-0.39, 0.29) is 22.9 Å². The Morgan fingerprint density at radius 3 is 2.61 bits per heavy atom. The van der Waals surface area contributed by atoms with E-state index >= 15 is 4.39 Å². The maximum Gasteiger partial charge on any atom is 0.337 e. The highest BCUT2D eigenvalue weighted by Gasteiger charge is 2.35. The average molecular weight is 568 g/mol. The van der Waals surface area contributed by atoms with Gasteiger partial charge in [-0.05, 0) is 85.0 Å². The van der Waals surface area contributed by atoms with E-state index in [1.54, 1.807) is 33.8 Å². The maximum absolute atomic E-state index is 15.5. The Labute approximate surface area is 238 Å². The van der Waals surface area contributed by atoms with E-state index in [2.05, 4.69) is 20.3 Å². The van der Waals surface area contributed by atoms with Crippen molar-refractivity contribution in [1.29, 1.82) is 0 Å². The average Bonchev–Trinajstić information content (AvgIpc) is 3.58. The summed E-state index contributed by atoms with van der Waals surface area (Å²) in [5.74, 6) is -1.89. The van der Waals surface area contributed by atoms with Gasteiger partial charge >= 0.3 is 5.97 Å². The van der Waals surface area contributed by atoms with Gasteiger partial charge in [0.05, 0.1) is 17.9 Å². The summed E-state index contributed by atoms with van der Waals surface area (Å²) in [7, 11) is 0. The minimum absolute atomic E-state index is 0.139. The van der Waals surface area contributed by atoms with Crippen LogP contribution in [0.15, 0.2) is 12.1 Å². The number of carbonyl (C=O) groups is 2. The third-order valence-electron chi connectivity index (χ3n) is 7.62. The molecule has 10 nitrogen and oxygen atoms in total. The molecule has 41 heavy (non-hydrogen) atoms. The van der Waals surface area contributed by atoms with Crippen LogP contribution in [-0.2, 0) is 16.0 Å². The summed E-state index contributed by atoms with van der Waals surface area (Å²) in [5.41, 5.74) is 2.57. The molecule has 2 aliphatic heterocycles. The molecule has 5 rings (SSSR count). The number of benzene rings is 1. The summed E-state index contributed by atoms with van der Waals surface area (Å²) in [6.07, 6.45) is 2.28. The van der Waals surface area contributed by atoms with Gasteiger partial charge in [-0.1, -0.05) is 0 Å². The number of carboxylic acid groups (broad SMARTS) is 1. The van der Waals surface area contributed by atoms with Crippen LogP contribution in [0.1, 0.15) is 79.0 Å². The van der Waals surface area contributed by atoms with Gasteiger partial charge in [0.25, 0.3) is 5.91 Å². The van der Waals surface area contributed by atoms with Crippen LogP contribution >= 0.6 is 0 Å². The number of aliphatic carboxylic acids is 1. The number of carboxylic acids is 1. The van der Waals surface area contributed by atoms with Crippen LogP contribution in [0, 0.1) is 19.7 Å². The second-order valence-corrected chi connectivity index (χ2v) is 11.8. The van der Waals surface area contributed by atoms with Gasteiger partial charge in [-0.15, -0.1) is 0 Å². The van der Waals surface area contributed by atoms with Crippen LogP contribution in [0.3, 0.4) is 0 Å². The molecule has 1 aromatic carbocycles. The molecule has 220 valence electrons. The Balaban J connectivity index is 1.66. The van der Waals surface area contributed by atoms with Gasteiger partial charge in [-0.25, -0.2) is 18.7 Å². The van der Waals surface area contributed by atoms with Crippen molar-refractivity contribution in [3.05, 3.63) is 46.0 Å². The van der Waals surface area contributed by atoms with E-state index in [1.165, 1.54) is 23.4 Å². The van der Waals surface area contributed by atoms with E-state index in [4.69, 9.17) is 9.47 Å². The molecule has 0 saturated carbocycles. The molecule has 1 fully saturated rings. The number of fused-ring (bicyclic) bond motifs is 2. The quantitative estimate of drug-likeness (QED) is 0.415. The van der Waals surface area contributed by atoms with Crippen LogP contribution in [0.2, 0.25) is 0 Å². The molecule has 0 radical (unpaired) electrons. The van der Waals surface area contributed by atoms with Crippen LogP contribution in [0.5, 0.6) is 5.75 Å². The van der Waals surface area contributed by atoms with Crippen molar-refractivity contribution in [2.45, 2.75) is 72.0 Å². The lowest BCUT2D eigenvalue weighted by Gasteiger charge is -2.28. The fourth-order valence-corrected chi connectivity index (χ4v) is 5.73. The molecule has 1 atom stereocenters. The van der Waals surface area contributed by atoms with Gasteiger partial charge in [0.15, 0.2) is 29.0 Å². The molecule has 1 saturated heterocycles. The van der Waals surface area contributed by atoms with Crippen molar-refractivity contribution < 1.29 is 28.6 Å². The number of hydrogen-bond donors (Lipinski definition) is 2. The van der Waals surface area contributed by atoms with E-state index in [0.29, 0.717) is 42.2 Å². The number of aryl methyl sites for hydroxylation is 1. The summed E-state index contributed by atoms with van der Waals surface area (Å²) in [4.78, 5) is 32.7. The molecule has 2 aromatic heterocycles. The molecule has 1 amide bonds. The second-order valence-electron chi connectivity index (χ2n) is 11.8. The summed E-state index contributed by atoms with van der Waals surface area (Å²) < 4.78 is 28.6. The summed E-state index contributed by atoms with van der Waals surface area (Å²) in [6, 6.07) is 2.92. The zero-order valence-corrected chi connectivity index (χ0v) is 24.3. The van der Waals surface area contributed by atoms with Crippen LogP contribution in [0.25, 0.3) is 16.9 Å². The highest BCUT2D eigenvalue weighted by Crippen LogP contribution is 2.41.